The molecule has 2 unspecified atom stereocenters. The smallest absolute Gasteiger partial charge is 0.407 e. The summed E-state index contributed by atoms with van der Waals surface area (Å²) in [6.45, 7) is 6.71. The van der Waals surface area contributed by atoms with E-state index in [4.69, 9.17) is 4.74 Å². The maximum atomic E-state index is 14.6. The molecular weight excluding hydrogens is 492 g/mol. The molecule has 1 aromatic heterocycles. The molecule has 196 valence electrons. The van der Waals surface area contributed by atoms with Crippen molar-refractivity contribution >= 4 is 16.1 Å². The highest BCUT2D eigenvalue weighted by Gasteiger charge is 2.41. The fraction of sp³-hybridized carbons (Fsp3) is 0.583. The summed E-state index contributed by atoms with van der Waals surface area (Å²) in [5.74, 6) is -1.12. The molecule has 3 heterocycles. The monoisotopic (exact) mass is 523 g/mol. The Morgan fingerprint density at radius 1 is 1.22 bits per heavy atom. The van der Waals surface area contributed by atoms with Crippen LogP contribution in [0.25, 0.3) is 0 Å². The van der Waals surface area contributed by atoms with E-state index in [1.807, 2.05) is 0 Å². The van der Waals surface area contributed by atoms with Crippen LogP contribution in [0, 0.1) is 11.6 Å². The number of nitrogens with one attached hydrogen (secondary N) is 2. The number of alkyl carbamates (subject to hydrolysis) is 1. The molecule has 0 spiro atoms. The number of hydrogen-bond donors (Lipinski definition) is 2. The molecule has 1 saturated heterocycles. The lowest BCUT2D eigenvalue weighted by atomic mass is 9.89. The Balaban J connectivity index is 1.32. The van der Waals surface area contributed by atoms with Gasteiger partial charge >= 0.3 is 6.09 Å². The first-order valence-electron chi connectivity index (χ1n) is 12.1. The Labute approximate surface area is 209 Å². The first-order valence-corrected chi connectivity index (χ1v) is 13.6. The zero-order valence-corrected chi connectivity index (χ0v) is 21.3. The molecule has 1 aromatic carbocycles. The van der Waals surface area contributed by atoms with Crippen LogP contribution in [0.3, 0.4) is 0 Å². The molecular formula is C24H31F2N5O4S. The molecule has 12 heteroatoms. The van der Waals surface area contributed by atoms with Crippen LogP contribution in [0.4, 0.5) is 13.6 Å². The van der Waals surface area contributed by atoms with Gasteiger partial charge in [-0.25, -0.2) is 22.0 Å². The number of nitrogens with zero attached hydrogens (tertiary/aromatic N) is 3. The SMILES string of the molecule is CC(C)(C)OC(=O)NC1CC(N2Cc3cn(S(=O)(=O)C4CC4)nc3C2)CN[C@@H]1c1cc(F)ccc1F. The molecule has 0 bridgehead atoms. The summed E-state index contributed by atoms with van der Waals surface area (Å²) in [5.41, 5.74) is 0.999. The first kappa shape index (κ1) is 25.1. The molecule has 36 heavy (non-hydrogen) atoms. The molecule has 3 atom stereocenters. The van der Waals surface area contributed by atoms with Gasteiger partial charge in [-0.15, -0.1) is 0 Å². The molecule has 1 amide bonds. The zero-order valence-electron chi connectivity index (χ0n) is 20.5. The average Bonchev–Trinajstić information content (AvgIpc) is 3.45. The number of carbonyl (C=O) groups excluding carboxylic acids is 1. The van der Waals surface area contributed by atoms with E-state index in [0.29, 0.717) is 44.6 Å². The maximum Gasteiger partial charge on any atom is 0.407 e. The molecule has 2 N–H and O–H groups in total. The Morgan fingerprint density at radius 2 is 1.97 bits per heavy atom. The number of fused-ring (bicyclic) bond motifs is 1. The van der Waals surface area contributed by atoms with Gasteiger partial charge in [-0.1, -0.05) is 0 Å². The lowest BCUT2D eigenvalue weighted by Gasteiger charge is -2.41. The van der Waals surface area contributed by atoms with E-state index in [-0.39, 0.29) is 16.9 Å². The van der Waals surface area contributed by atoms with Gasteiger partial charge in [-0.05, 0) is 58.2 Å². The number of benzene rings is 1. The van der Waals surface area contributed by atoms with Crippen LogP contribution in [0.5, 0.6) is 0 Å². The molecule has 1 saturated carbocycles. The first-order chi connectivity index (χ1) is 16.9. The van der Waals surface area contributed by atoms with Gasteiger partial charge < -0.3 is 15.4 Å². The largest absolute Gasteiger partial charge is 0.444 e. The summed E-state index contributed by atoms with van der Waals surface area (Å²) in [5, 5.41) is 10.1. The third kappa shape index (κ3) is 5.12. The van der Waals surface area contributed by atoms with Gasteiger partial charge in [0.25, 0.3) is 10.0 Å². The van der Waals surface area contributed by atoms with Crippen LogP contribution in [0.2, 0.25) is 0 Å². The van der Waals surface area contributed by atoms with Crippen molar-refractivity contribution in [1.82, 2.24) is 24.7 Å². The second-order valence-electron chi connectivity index (χ2n) is 10.8. The molecule has 1 aliphatic carbocycles. The lowest BCUT2D eigenvalue weighted by Crippen LogP contribution is -2.57. The Hall–Kier alpha value is -2.57. The van der Waals surface area contributed by atoms with Crippen LogP contribution in [-0.4, -0.2) is 58.1 Å². The fourth-order valence-electron chi connectivity index (χ4n) is 4.94. The number of halogens is 2. The van der Waals surface area contributed by atoms with Crippen LogP contribution in [-0.2, 0) is 27.8 Å². The quantitative estimate of drug-likeness (QED) is 0.621. The minimum Gasteiger partial charge on any atom is -0.444 e. The summed E-state index contributed by atoms with van der Waals surface area (Å²) in [6, 6.07) is 2.01. The van der Waals surface area contributed by atoms with Gasteiger partial charge in [0.2, 0.25) is 0 Å². The van der Waals surface area contributed by atoms with Gasteiger partial charge in [-0.2, -0.15) is 9.19 Å². The van der Waals surface area contributed by atoms with Gasteiger partial charge in [0, 0.05) is 43.0 Å². The van der Waals surface area contributed by atoms with E-state index in [9.17, 15) is 22.0 Å². The highest BCUT2D eigenvalue weighted by molar-refractivity contribution is 7.90. The Morgan fingerprint density at radius 3 is 2.64 bits per heavy atom. The van der Waals surface area contributed by atoms with Crippen molar-refractivity contribution in [3.8, 4) is 0 Å². The predicted molar refractivity (Wildman–Crippen MR) is 127 cm³/mol. The van der Waals surface area contributed by atoms with Gasteiger partial charge in [0.1, 0.15) is 17.2 Å². The second kappa shape index (κ2) is 9.07. The summed E-state index contributed by atoms with van der Waals surface area (Å²) >= 11 is 0. The van der Waals surface area contributed by atoms with Crippen LogP contribution in [0.1, 0.15) is 62.9 Å². The van der Waals surface area contributed by atoms with Gasteiger partial charge in [0.15, 0.2) is 0 Å². The van der Waals surface area contributed by atoms with E-state index in [2.05, 4.69) is 20.6 Å². The number of aromatic nitrogens is 2. The molecule has 2 aromatic rings. The summed E-state index contributed by atoms with van der Waals surface area (Å²) in [7, 11) is -3.42. The normalized spacial score (nSPS) is 25.0. The summed E-state index contributed by atoms with van der Waals surface area (Å²) < 4.78 is 60.2. The average molecular weight is 524 g/mol. The van der Waals surface area contributed by atoms with E-state index < -0.39 is 45.4 Å². The summed E-state index contributed by atoms with van der Waals surface area (Å²) in [4.78, 5) is 14.8. The molecule has 9 nitrogen and oxygen atoms in total. The highest BCUT2D eigenvalue weighted by Crippen LogP contribution is 2.34. The summed E-state index contributed by atoms with van der Waals surface area (Å²) in [6.07, 6.45) is 2.76. The number of rotatable bonds is 5. The standard InChI is InChI=1S/C24H31F2N5O4S/c1-24(2,3)35-23(32)28-20-9-16(10-27-22(20)18-8-15(25)4-7-19(18)26)30-11-14-12-31(29-21(14)13-30)36(33,34)17-5-6-17/h4,7-8,12,16-17,20,22,27H,5-6,9-11,13H2,1-3H3,(H,28,32)/t16?,20?,22-/m1/s1. The van der Waals surface area contributed by atoms with E-state index in [0.717, 1.165) is 27.8 Å². The van der Waals surface area contributed by atoms with Crippen LogP contribution >= 0.6 is 0 Å². The van der Waals surface area contributed by atoms with E-state index in [1.54, 1.807) is 27.0 Å². The molecule has 5 rings (SSSR count). The third-order valence-electron chi connectivity index (χ3n) is 6.80. The van der Waals surface area contributed by atoms with Crippen molar-refractivity contribution in [2.24, 2.45) is 0 Å². The number of piperidine rings is 1. The van der Waals surface area contributed by atoms with Crippen molar-refractivity contribution in [2.45, 2.75) is 82.1 Å². The van der Waals surface area contributed by atoms with Crippen molar-refractivity contribution in [1.29, 1.82) is 0 Å². The number of carbonyl (C=O) groups is 1. The van der Waals surface area contributed by atoms with E-state index in [1.165, 1.54) is 0 Å². The van der Waals surface area contributed by atoms with Crippen molar-refractivity contribution in [3.05, 3.63) is 52.9 Å². The zero-order chi connectivity index (χ0) is 25.8. The van der Waals surface area contributed by atoms with Crippen molar-refractivity contribution in [2.75, 3.05) is 6.54 Å². The maximum absolute atomic E-state index is 14.6. The highest BCUT2D eigenvalue weighted by atomic mass is 32.2. The topological polar surface area (TPSA) is 106 Å². The molecule has 2 fully saturated rings. The minimum atomic E-state index is -3.42. The third-order valence-corrected chi connectivity index (χ3v) is 8.82. The van der Waals surface area contributed by atoms with Crippen LogP contribution < -0.4 is 10.6 Å². The van der Waals surface area contributed by atoms with E-state index >= 15 is 0 Å². The van der Waals surface area contributed by atoms with Crippen molar-refractivity contribution < 1.29 is 26.7 Å². The number of hydrogen-bond acceptors (Lipinski definition) is 7. The second-order valence-corrected chi connectivity index (χ2v) is 12.9. The Kier molecular flexibility index (Phi) is 6.32. The predicted octanol–water partition coefficient (Wildman–Crippen LogP) is 2.81. The fourth-order valence-corrected chi connectivity index (χ4v) is 6.46. The number of amides is 1. The lowest BCUT2D eigenvalue weighted by molar-refractivity contribution is 0.0445. The number of ether oxygens (including phenoxy) is 1. The molecule has 3 aliphatic rings. The Bertz CT molecular complexity index is 1250. The molecule has 0 radical (unpaired) electrons. The minimum absolute atomic E-state index is 0.0551. The van der Waals surface area contributed by atoms with Gasteiger partial charge in [0.05, 0.1) is 23.0 Å². The van der Waals surface area contributed by atoms with Gasteiger partial charge in [-0.3, -0.25) is 4.90 Å². The van der Waals surface area contributed by atoms with Crippen LogP contribution in [0.15, 0.2) is 24.4 Å². The molecule has 2 aliphatic heterocycles. The van der Waals surface area contributed by atoms with Crippen molar-refractivity contribution in [3.63, 3.8) is 0 Å².